The van der Waals surface area contributed by atoms with Crippen molar-refractivity contribution in [1.82, 2.24) is 5.32 Å². The van der Waals surface area contributed by atoms with Crippen molar-refractivity contribution in [3.63, 3.8) is 0 Å². The first-order valence-corrected chi connectivity index (χ1v) is 8.37. The summed E-state index contributed by atoms with van der Waals surface area (Å²) in [6.45, 7) is 0.474. The molecule has 0 spiro atoms. The van der Waals surface area contributed by atoms with Gasteiger partial charge in [-0.15, -0.1) is 0 Å². The number of carbonyl (C=O) groups excluding carboxylic acids is 2. The lowest BCUT2D eigenvalue weighted by Gasteiger charge is -2.08. The molecule has 2 N–H and O–H groups in total. The van der Waals surface area contributed by atoms with E-state index >= 15 is 0 Å². The summed E-state index contributed by atoms with van der Waals surface area (Å²) >= 11 is 3.35. The van der Waals surface area contributed by atoms with Crippen LogP contribution in [0.3, 0.4) is 0 Å². The van der Waals surface area contributed by atoms with E-state index in [1.807, 2.05) is 6.07 Å². The average molecular weight is 372 g/mol. The van der Waals surface area contributed by atoms with E-state index in [0.717, 1.165) is 30.4 Å². The van der Waals surface area contributed by atoms with Gasteiger partial charge in [0.15, 0.2) is 0 Å². The average Bonchev–Trinajstić information content (AvgIpc) is 2.56. The van der Waals surface area contributed by atoms with Crippen LogP contribution < -0.4 is 5.32 Å². The van der Waals surface area contributed by atoms with Gasteiger partial charge in [-0.3, -0.25) is 9.59 Å². The Hall–Kier alpha value is -1.40. The molecule has 0 unspecified atom stereocenters. The van der Waals surface area contributed by atoms with Gasteiger partial charge < -0.3 is 15.2 Å². The molecular formula is C16H22BrNO4. The van der Waals surface area contributed by atoms with Gasteiger partial charge in [0.2, 0.25) is 0 Å². The number of aliphatic hydroxyl groups is 1. The van der Waals surface area contributed by atoms with E-state index in [2.05, 4.69) is 26.0 Å². The van der Waals surface area contributed by atoms with Crippen LogP contribution in [0.4, 0.5) is 0 Å². The lowest BCUT2D eigenvalue weighted by atomic mass is 10.1. The minimum Gasteiger partial charge on any atom is -0.469 e. The number of benzene rings is 1. The van der Waals surface area contributed by atoms with E-state index in [9.17, 15) is 14.7 Å². The summed E-state index contributed by atoms with van der Waals surface area (Å²) in [7, 11) is 1.38. The second-order valence-corrected chi connectivity index (χ2v) is 5.53. The highest BCUT2D eigenvalue weighted by Gasteiger charge is 2.08. The quantitative estimate of drug-likeness (QED) is 0.397. The Morgan fingerprint density at radius 3 is 2.55 bits per heavy atom. The van der Waals surface area contributed by atoms with Gasteiger partial charge in [-0.05, 0) is 36.1 Å². The summed E-state index contributed by atoms with van der Waals surface area (Å²) in [5.41, 5.74) is 2.23. The number of aliphatic hydroxyl groups excluding tert-OH is 1. The first-order valence-electron chi connectivity index (χ1n) is 7.25. The third-order valence-corrected chi connectivity index (χ3v) is 3.87. The molecule has 0 aliphatic rings. The Bertz CT molecular complexity index is 483. The van der Waals surface area contributed by atoms with E-state index in [1.54, 1.807) is 12.1 Å². The monoisotopic (exact) mass is 371 g/mol. The Morgan fingerprint density at radius 2 is 1.91 bits per heavy atom. The number of unbranched alkanes of at least 4 members (excludes halogenated alkanes) is 2. The predicted molar refractivity (Wildman–Crippen MR) is 87.8 cm³/mol. The summed E-state index contributed by atoms with van der Waals surface area (Å²) < 4.78 is 4.56. The van der Waals surface area contributed by atoms with Gasteiger partial charge in [-0.2, -0.15) is 0 Å². The van der Waals surface area contributed by atoms with Crippen molar-refractivity contribution in [2.45, 2.75) is 37.6 Å². The number of methoxy groups -OCH3 is 1. The molecule has 0 aliphatic heterocycles. The molecule has 1 amide bonds. The number of hydrogen-bond acceptors (Lipinski definition) is 4. The largest absolute Gasteiger partial charge is 0.469 e. The molecule has 0 fully saturated rings. The highest BCUT2D eigenvalue weighted by atomic mass is 79.9. The maximum atomic E-state index is 12.1. The van der Waals surface area contributed by atoms with Crippen LogP contribution in [0.1, 0.15) is 47.2 Å². The molecule has 1 rings (SSSR count). The zero-order valence-electron chi connectivity index (χ0n) is 12.7. The highest BCUT2D eigenvalue weighted by Crippen LogP contribution is 2.13. The number of alkyl halides is 1. The number of esters is 1. The Balaban J connectivity index is 2.37. The van der Waals surface area contributed by atoms with E-state index in [1.165, 1.54) is 7.11 Å². The van der Waals surface area contributed by atoms with Crippen LogP contribution >= 0.6 is 15.9 Å². The van der Waals surface area contributed by atoms with Crippen LogP contribution in [0.15, 0.2) is 18.2 Å². The molecular weight excluding hydrogens is 350 g/mol. The third kappa shape index (κ3) is 6.58. The number of ether oxygens (including phenoxy) is 1. The van der Waals surface area contributed by atoms with Crippen molar-refractivity contribution in [2.24, 2.45) is 0 Å². The normalized spacial score (nSPS) is 10.3. The highest BCUT2D eigenvalue weighted by molar-refractivity contribution is 9.08. The van der Waals surface area contributed by atoms with E-state index in [4.69, 9.17) is 0 Å². The van der Waals surface area contributed by atoms with Crippen molar-refractivity contribution in [2.75, 3.05) is 13.7 Å². The second kappa shape index (κ2) is 10.3. The van der Waals surface area contributed by atoms with Crippen molar-refractivity contribution in [3.8, 4) is 0 Å². The fourth-order valence-corrected chi connectivity index (χ4v) is 2.36. The summed E-state index contributed by atoms with van der Waals surface area (Å²) in [6.07, 6.45) is 2.85. The molecule has 1 aromatic carbocycles. The van der Waals surface area contributed by atoms with Crippen molar-refractivity contribution in [3.05, 3.63) is 34.9 Å². The lowest BCUT2D eigenvalue weighted by Crippen LogP contribution is -2.24. The van der Waals surface area contributed by atoms with Crippen LogP contribution in [0.5, 0.6) is 0 Å². The fourth-order valence-electron chi connectivity index (χ4n) is 2.04. The first-order chi connectivity index (χ1) is 10.6. The van der Waals surface area contributed by atoms with E-state index in [0.29, 0.717) is 23.9 Å². The molecule has 0 bridgehead atoms. The number of amides is 1. The van der Waals surface area contributed by atoms with Crippen molar-refractivity contribution >= 4 is 27.8 Å². The van der Waals surface area contributed by atoms with Gasteiger partial charge in [0.25, 0.3) is 5.91 Å². The van der Waals surface area contributed by atoms with Gasteiger partial charge in [0, 0.05) is 23.9 Å². The maximum absolute atomic E-state index is 12.1. The van der Waals surface area contributed by atoms with Crippen LogP contribution in [0.2, 0.25) is 0 Å². The number of halogens is 1. The van der Waals surface area contributed by atoms with Gasteiger partial charge >= 0.3 is 5.97 Å². The lowest BCUT2D eigenvalue weighted by molar-refractivity contribution is -0.140. The Morgan fingerprint density at radius 1 is 1.18 bits per heavy atom. The third-order valence-electron chi connectivity index (χ3n) is 3.22. The van der Waals surface area contributed by atoms with Gasteiger partial charge in [-0.25, -0.2) is 0 Å². The van der Waals surface area contributed by atoms with Crippen molar-refractivity contribution in [1.29, 1.82) is 0 Å². The summed E-state index contributed by atoms with van der Waals surface area (Å²) in [6, 6.07) is 5.36. The molecule has 0 atom stereocenters. The molecule has 122 valence electrons. The predicted octanol–water partition coefficient (Wildman–Crippen LogP) is 2.54. The smallest absolute Gasteiger partial charge is 0.305 e. The molecule has 1 aromatic rings. The molecule has 0 radical (unpaired) electrons. The van der Waals surface area contributed by atoms with Gasteiger partial charge in [0.1, 0.15) is 0 Å². The zero-order valence-corrected chi connectivity index (χ0v) is 14.3. The topological polar surface area (TPSA) is 75.6 Å². The number of hydrogen-bond donors (Lipinski definition) is 2. The minimum atomic E-state index is -0.202. The molecule has 0 aliphatic carbocycles. The molecule has 6 heteroatoms. The van der Waals surface area contributed by atoms with Crippen LogP contribution in [0, 0.1) is 0 Å². The zero-order chi connectivity index (χ0) is 16.4. The first kappa shape index (κ1) is 18.6. The van der Waals surface area contributed by atoms with Crippen molar-refractivity contribution < 1.29 is 19.4 Å². The van der Waals surface area contributed by atoms with E-state index in [-0.39, 0.29) is 18.5 Å². The summed E-state index contributed by atoms with van der Waals surface area (Å²) in [5.74, 6) is -0.349. The molecule has 0 saturated heterocycles. The molecule has 0 aromatic heterocycles. The number of carbonyl (C=O) groups is 2. The molecule has 0 saturated carbocycles. The Kier molecular flexibility index (Phi) is 8.77. The Labute approximate surface area is 139 Å². The number of rotatable bonds is 9. The van der Waals surface area contributed by atoms with E-state index < -0.39 is 0 Å². The van der Waals surface area contributed by atoms with Gasteiger partial charge in [0.05, 0.1) is 13.7 Å². The molecule has 22 heavy (non-hydrogen) atoms. The van der Waals surface area contributed by atoms with Gasteiger partial charge in [-0.1, -0.05) is 28.4 Å². The van der Waals surface area contributed by atoms with Crippen LogP contribution in [-0.2, 0) is 21.5 Å². The second-order valence-electron chi connectivity index (χ2n) is 4.97. The molecule has 0 heterocycles. The maximum Gasteiger partial charge on any atom is 0.305 e. The fraction of sp³-hybridized carbons (Fsp3) is 0.500. The van der Waals surface area contributed by atoms with Crippen LogP contribution in [0.25, 0.3) is 0 Å². The standard InChI is InChI=1S/C16H22BrNO4/c1-22-15(20)5-3-2-4-6-18-16(21)14-8-12(10-17)7-13(9-14)11-19/h7-9,19H,2-6,10-11H2,1H3,(H,18,21). The number of nitrogens with one attached hydrogen (secondary N) is 1. The molecule has 5 nitrogen and oxygen atoms in total. The minimum absolute atomic E-state index is 0.0886. The summed E-state index contributed by atoms with van der Waals surface area (Å²) in [4.78, 5) is 23.0. The SMILES string of the molecule is COC(=O)CCCCCNC(=O)c1cc(CO)cc(CBr)c1. The summed E-state index contributed by atoms with van der Waals surface area (Å²) in [5, 5.41) is 12.7. The van der Waals surface area contributed by atoms with Crippen LogP contribution in [-0.4, -0.2) is 30.6 Å².